The highest BCUT2D eigenvalue weighted by atomic mass is 16.2. The lowest BCUT2D eigenvalue weighted by Gasteiger charge is -2.34. The topological polar surface area (TPSA) is 68.8 Å². The Labute approximate surface area is 167 Å². The number of anilines is 1. The van der Waals surface area contributed by atoms with Gasteiger partial charge in [-0.1, -0.05) is 0 Å². The Kier molecular flexibility index (Phi) is 6.10. The molecule has 0 aliphatic carbocycles. The summed E-state index contributed by atoms with van der Waals surface area (Å²) in [6.45, 7) is 7.28. The normalized spacial score (nSPS) is 21.9. The van der Waals surface area contributed by atoms with Crippen LogP contribution in [-0.2, 0) is 4.79 Å². The molecule has 1 aromatic rings. The van der Waals surface area contributed by atoms with Gasteiger partial charge in [0.15, 0.2) is 0 Å². The van der Waals surface area contributed by atoms with Crippen LogP contribution >= 0.6 is 0 Å². The Morgan fingerprint density at radius 2 is 1.93 bits per heavy atom. The van der Waals surface area contributed by atoms with Crippen LogP contribution < -0.4 is 10.2 Å². The number of hydrogen-bond acceptors (Lipinski definition) is 5. The van der Waals surface area contributed by atoms with Crippen molar-refractivity contribution in [1.29, 1.82) is 0 Å². The molecule has 3 aliphatic rings. The number of aromatic nitrogens is 1. The van der Waals surface area contributed by atoms with E-state index in [1.807, 2.05) is 21.9 Å². The zero-order valence-electron chi connectivity index (χ0n) is 16.6. The minimum Gasteiger partial charge on any atom is -0.355 e. The highest BCUT2D eigenvalue weighted by molar-refractivity contribution is 5.94. The second kappa shape index (κ2) is 8.90. The molecule has 2 amide bonds. The van der Waals surface area contributed by atoms with Gasteiger partial charge in [-0.2, -0.15) is 0 Å². The first-order chi connectivity index (χ1) is 13.7. The molecule has 0 bridgehead atoms. The third-order valence-electron chi connectivity index (χ3n) is 6.21. The number of nitrogens with zero attached hydrogens (tertiary/aromatic N) is 4. The molecule has 152 valence electrons. The monoisotopic (exact) mass is 385 g/mol. The summed E-state index contributed by atoms with van der Waals surface area (Å²) in [7, 11) is 0. The molecule has 0 saturated carbocycles. The number of likely N-dealkylation sites (tertiary alicyclic amines) is 2. The minimum absolute atomic E-state index is 0.0762. The summed E-state index contributed by atoms with van der Waals surface area (Å²) < 4.78 is 0. The molecule has 3 fully saturated rings. The van der Waals surface area contributed by atoms with Crippen LogP contribution in [0.15, 0.2) is 18.3 Å². The van der Waals surface area contributed by atoms with E-state index in [2.05, 4.69) is 15.2 Å². The summed E-state index contributed by atoms with van der Waals surface area (Å²) in [5, 5.41) is 3.40. The molecular formula is C21H31N5O2. The number of piperidine rings is 1. The van der Waals surface area contributed by atoms with Crippen LogP contribution in [0, 0.1) is 5.92 Å². The van der Waals surface area contributed by atoms with Crippen molar-refractivity contribution in [2.75, 3.05) is 57.3 Å². The Hall–Kier alpha value is -2.15. The molecule has 7 nitrogen and oxygen atoms in total. The molecule has 1 N–H and O–H groups in total. The molecule has 0 unspecified atom stereocenters. The molecule has 4 rings (SSSR count). The van der Waals surface area contributed by atoms with Crippen molar-refractivity contribution in [3.05, 3.63) is 23.9 Å². The largest absolute Gasteiger partial charge is 0.355 e. The van der Waals surface area contributed by atoms with Crippen LogP contribution in [0.25, 0.3) is 0 Å². The number of rotatable bonds is 4. The highest BCUT2D eigenvalue weighted by Gasteiger charge is 2.28. The molecule has 0 radical (unpaired) electrons. The lowest BCUT2D eigenvalue weighted by Crippen LogP contribution is -2.42. The van der Waals surface area contributed by atoms with E-state index < -0.39 is 0 Å². The zero-order valence-corrected chi connectivity index (χ0v) is 16.6. The van der Waals surface area contributed by atoms with Crippen molar-refractivity contribution in [1.82, 2.24) is 20.1 Å². The second-order valence-electron chi connectivity index (χ2n) is 8.17. The summed E-state index contributed by atoms with van der Waals surface area (Å²) >= 11 is 0. The van der Waals surface area contributed by atoms with Gasteiger partial charge < -0.3 is 20.0 Å². The lowest BCUT2D eigenvalue weighted by atomic mass is 9.96. The third-order valence-corrected chi connectivity index (χ3v) is 6.21. The Morgan fingerprint density at radius 1 is 1.07 bits per heavy atom. The van der Waals surface area contributed by atoms with Crippen LogP contribution in [0.1, 0.15) is 42.5 Å². The Bertz CT molecular complexity index is 677. The van der Waals surface area contributed by atoms with Crippen LogP contribution in [0.3, 0.4) is 0 Å². The van der Waals surface area contributed by atoms with E-state index in [9.17, 15) is 9.59 Å². The van der Waals surface area contributed by atoms with Gasteiger partial charge in [-0.15, -0.1) is 0 Å². The third kappa shape index (κ3) is 4.46. The SMILES string of the molecule is O=C1CCCN1CC1CCN(C(=O)c2ccc(N3CCCNCC3)nc2)CC1. The maximum Gasteiger partial charge on any atom is 0.255 e. The second-order valence-corrected chi connectivity index (χ2v) is 8.17. The van der Waals surface area contributed by atoms with Gasteiger partial charge in [0.1, 0.15) is 5.82 Å². The maximum atomic E-state index is 12.8. The zero-order chi connectivity index (χ0) is 19.3. The van der Waals surface area contributed by atoms with Crippen molar-refractivity contribution in [2.24, 2.45) is 5.92 Å². The number of hydrogen-bond donors (Lipinski definition) is 1. The molecule has 0 atom stereocenters. The van der Waals surface area contributed by atoms with E-state index in [0.29, 0.717) is 23.8 Å². The first-order valence-corrected chi connectivity index (χ1v) is 10.7. The van der Waals surface area contributed by atoms with E-state index in [0.717, 1.165) is 83.9 Å². The van der Waals surface area contributed by atoms with E-state index >= 15 is 0 Å². The van der Waals surface area contributed by atoms with Crippen LogP contribution in [0.5, 0.6) is 0 Å². The molecule has 7 heteroatoms. The molecule has 0 spiro atoms. The fourth-order valence-electron chi connectivity index (χ4n) is 4.48. The lowest BCUT2D eigenvalue weighted by molar-refractivity contribution is -0.128. The van der Waals surface area contributed by atoms with Crippen LogP contribution in [0.2, 0.25) is 0 Å². The van der Waals surface area contributed by atoms with Crippen molar-refractivity contribution >= 4 is 17.6 Å². The van der Waals surface area contributed by atoms with Crippen molar-refractivity contribution in [2.45, 2.75) is 32.1 Å². The first-order valence-electron chi connectivity index (χ1n) is 10.7. The molecule has 3 aliphatic heterocycles. The number of nitrogens with one attached hydrogen (secondary N) is 1. The van der Waals surface area contributed by atoms with Gasteiger partial charge >= 0.3 is 0 Å². The summed E-state index contributed by atoms with van der Waals surface area (Å²) in [4.78, 5) is 35.4. The molecular weight excluding hydrogens is 354 g/mol. The summed E-state index contributed by atoms with van der Waals surface area (Å²) in [5.41, 5.74) is 0.671. The van der Waals surface area contributed by atoms with Gasteiger partial charge in [0.2, 0.25) is 5.91 Å². The Balaban J connectivity index is 1.29. The number of carbonyl (C=O) groups excluding carboxylic acids is 2. The summed E-state index contributed by atoms with van der Waals surface area (Å²) in [5.74, 6) is 1.84. The molecule has 3 saturated heterocycles. The average molecular weight is 386 g/mol. The number of pyridine rings is 1. The smallest absolute Gasteiger partial charge is 0.255 e. The quantitative estimate of drug-likeness (QED) is 0.848. The molecule has 1 aromatic heterocycles. The van der Waals surface area contributed by atoms with Crippen molar-refractivity contribution in [3.63, 3.8) is 0 Å². The molecule has 0 aromatic carbocycles. The van der Waals surface area contributed by atoms with E-state index in [4.69, 9.17) is 0 Å². The van der Waals surface area contributed by atoms with Gasteiger partial charge in [-0.3, -0.25) is 9.59 Å². The summed E-state index contributed by atoms with van der Waals surface area (Å²) in [6.07, 6.45) is 6.48. The first kappa shape index (κ1) is 19.2. The number of carbonyl (C=O) groups is 2. The predicted molar refractivity (Wildman–Crippen MR) is 108 cm³/mol. The average Bonchev–Trinajstić information content (AvgIpc) is 2.97. The van der Waals surface area contributed by atoms with Crippen LogP contribution in [-0.4, -0.2) is 79.0 Å². The fourth-order valence-corrected chi connectivity index (χ4v) is 4.48. The van der Waals surface area contributed by atoms with Crippen LogP contribution in [0.4, 0.5) is 5.82 Å². The van der Waals surface area contributed by atoms with Gasteiger partial charge in [0, 0.05) is 58.4 Å². The van der Waals surface area contributed by atoms with Gasteiger partial charge in [0.25, 0.3) is 5.91 Å². The van der Waals surface area contributed by atoms with E-state index in [-0.39, 0.29) is 5.91 Å². The van der Waals surface area contributed by atoms with Gasteiger partial charge in [-0.25, -0.2) is 4.98 Å². The predicted octanol–water partition coefficient (Wildman–Crippen LogP) is 1.36. The standard InChI is InChI=1S/C21H31N5O2/c27-20-3-1-10-26(20)16-17-6-12-25(13-7-17)21(28)18-4-5-19(23-15-18)24-11-2-8-22-9-14-24/h4-5,15,17,22H,1-3,6-14,16H2. The number of amides is 2. The minimum atomic E-state index is 0.0762. The van der Waals surface area contributed by atoms with Gasteiger partial charge in [0.05, 0.1) is 5.56 Å². The van der Waals surface area contributed by atoms with E-state index in [1.165, 1.54) is 0 Å². The highest BCUT2D eigenvalue weighted by Crippen LogP contribution is 2.23. The Morgan fingerprint density at radius 3 is 2.64 bits per heavy atom. The summed E-state index contributed by atoms with van der Waals surface area (Å²) in [6, 6.07) is 3.89. The van der Waals surface area contributed by atoms with Gasteiger partial charge in [-0.05, 0) is 50.3 Å². The van der Waals surface area contributed by atoms with E-state index in [1.54, 1.807) is 6.20 Å². The maximum absolute atomic E-state index is 12.8. The van der Waals surface area contributed by atoms with Crippen molar-refractivity contribution in [3.8, 4) is 0 Å². The fraction of sp³-hybridized carbons (Fsp3) is 0.667. The van der Waals surface area contributed by atoms with Crippen molar-refractivity contribution < 1.29 is 9.59 Å². The molecule has 4 heterocycles. The molecule has 28 heavy (non-hydrogen) atoms.